The Balaban J connectivity index is 2.56. The summed E-state index contributed by atoms with van der Waals surface area (Å²) in [4.78, 5) is 12.0. The summed E-state index contributed by atoms with van der Waals surface area (Å²) in [5.41, 5.74) is 1.17. The molecular weight excluding hydrogens is 170 g/mol. The van der Waals surface area contributed by atoms with E-state index in [-0.39, 0.29) is 12.5 Å². The minimum Gasteiger partial charge on any atom is -0.465 e. The highest BCUT2D eigenvalue weighted by Crippen LogP contribution is 2.21. The fourth-order valence-corrected chi connectivity index (χ4v) is 1.64. The van der Waals surface area contributed by atoms with Gasteiger partial charge in [-0.2, -0.15) is 0 Å². The zero-order valence-electron chi connectivity index (χ0n) is 7.73. The van der Waals surface area contributed by atoms with Crippen molar-refractivity contribution in [3.05, 3.63) is 11.6 Å². The van der Waals surface area contributed by atoms with Gasteiger partial charge in [0.15, 0.2) is 0 Å². The van der Waals surface area contributed by atoms with Gasteiger partial charge in [-0.25, -0.2) is 4.79 Å². The first kappa shape index (κ1) is 10.1. The number of amides is 1. The first-order valence-electron chi connectivity index (χ1n) is 4.42. The number of carbonyl (C=O) groups is 1. The number of aliphatic hydroxyl groups is 1. The van der Waals surface area contributed by atoms with Gasteiger partial charge in [0.05, 0.1) is 6.61 Å². The van der Waals surface area contributed by atoms with Gasteiger partial charge in [-0.1, -0.05) is 18.6 Å². The molecule has 0 aromatic heterocycles. The van der Waals surface area contributed by atoms with Gasteiger partial charge in [0, 0.05) is 13.1 Å². The largest absolute Gasteiger partial charge is 0.465 e. The summed E-state index contributed by atoms with van der Waals surface area (Å²) < 4.78 is 0. The molecule has 0 saturated carbocycles. The van der Waals surface area contributed by atoms with Gasteiger partial charge in [0.1, 0.15) is 0 Å². The molecule has 0 radical (unpaired) electrons. The standard InChI is InChI=1S/C9H15NO3/c1-7-6-10(9(12)13)4-2-8(7)3-5-11/h3,7,11H,2,4-6H2,1H3,(H,12,13). The van der Waals surface area contributed by atoms with Crippen LogP contribution in [0.3, 0.4) is 0 Å². The predicted molar refractivity (Wildman–Crippen MR) is 48.5 cm³/mol. The molecule has 1 fully saturated rings. The van der Waals surface area contributed by atoms with Crippen LogP contribution in [0.25, 0.3) is 0 Å². The molecule has 1 amide bonds. The Hall–Kier alpha value is -1.03. The lowest BCUT2D eigenvalue weighted by Crippen LogP contribution is -2.39. The minimum atomic E-state index is -0.852. The van der Waals surface area contributed by atoms with E-state index in [2.05, 4.69) is 0 Å². The average molecular weight is 185 g/mol. The second-order valence-corrected chi connectivity index (χ2v) is 3.34. The number of rotatable bonds is 1. The lowest BCUT2D eigenvalue weighted by Gasteiger charge is -2.30. The molecule has 0 bridgehead atoms. The van der Waals surface area contributed by atoms with Crippen molar-refractivity contribution in [1.29, 1.82) is 0 Å². The smallest absolute Gasteiger partial charge is 0.407 e. The van der Waals surface area contributed by atoms with E-state index in [9.17, 15) is 4.79 Å². The van der Waals surface area contributed by atoms with Crippen LogP contribution in [-0.2, 0) is 0 Å². The van der Waals surface area contributed by atoms with E-state index in [1.165, 1.54) is 10.5 Å². The molecule has 1 aliphatic heterocycles. The van der Waals surface area contributed by atoms with Crippen LogP contribution in [0.5, 0.6) is 0 Å². The normalized spacial score (nSPS) is 26.5. The van der Waals surface area contributed by atoms with E-state index in [0.717, 1.165) is 6.42 Å². The first-order chi connectivity index (χ1) is 6.15. The number of likely N-dealkylation sites (tertiary alicyclic amines) is 1. The summed E-state index contributed by atoms with van der Waals surface area (Å²) in [6.45, 7) is 3.12. The number of hydrogen-bond donors (Lipinski definition) is 2. The van der Waals surface area contributed by atoms with Crippen molar-refractivity contribution >= 4 is 6.09 Å². The van der Waals surface area contributed by atoms with E-state index in [4.69, 9.17) is 10.2 Å². The van der Waals surface area contributed by atoms with Gasteiger partial charge in [-0.3, -0.25) is 0 Å². The maximum absolute atomic E-state index is 10.6. The summed E-state index contributed by atoms with van der Waals surface area (Å²) in [5.74, 6) is 0.233. The van der Waals surface area contributed by atoms with Crippen LogP contribution in [0.15, 0.2) is 11.6 Å². The van der Waals surface area contributed by atoms with Gasteiger partial charge in [0.25, 0.3) is 0 Å². The molecule has 1 aliphatic rings. The SMILES string of the molecule is CC1CN(C(=O)O)CCC1=CCO. The highest BCUT2D eigenvalue weighted by Gasteiger charge is 2.23. The molecule has 1 atom stereocenters. The number of nitrogens with zero attached hydrogens (tertiary/aromatic N) is 1. The molecule has 0 aromatic rings. The Labute approximate surface area is 77.5 Å². The number of carboxylic acid groups (broad SMARTS) is 1. The molecule has 0 aliphatic carbocycles. The highest BCUT2D eigenvalue weighted by atomic mass is 16.4. The molecule has 0 spiro atoms. The van der Waals surface area contributed by atoms with E-state index in [1.54, 1.807) is 6.08 Å². The molecule has 1 unspecified atom stereocenters. The lowest BCUT2D eigenvalue weighted by molar-refractivity contribution is 0.133. The van der Waals surface area contributed by atoms with Crippen LogP contribution in [0, 0.1) is 5.92 Å². The monoisotopic (exact) mass is 185 g/mol. The Morgan fingerprint density at radius 3 is 2.92 bits per heavy atom. The molecule has 4 heteroatoms. The fraction of sp³-hybridized carbons (Fsp3) is 0.667. The van der Waals surface area contributed by atoms with Crippen molar-refractivity contribution in [1.82, 2.24) is 4.90 Å². The molecule has 74 valence electrons. The van der Waals surface area contributed by atoms with E-state index in [0.29, 0.717) is 13.1 Å². The quantitative estimate of drug-likeness (QED) is 0.597. The fourth-order valence-electron chi connectivity index (χ4n) is 1.64. The molecule has 1 rings (SSSR count). The molecule has 1 saturated heterocycles. The van der Waals surface area contributed by atoms with Crippen LogP contribution in [0.1, 0.15) is 13.3 Å². The summed E-state index contributed by atoms with van der Waals surface area (Å²) in [6, 6.07) is 0. The third-order valence-electron chi connectivity index (χ3n) is 2.42. The van der Waals surface area contributed by atoms with Gasteiger partial charge >= 0.3 is 6.09 Å². The van der Waals surface area contributed by atoms with Gasteiger partial charge in [-0.15, -0.1) is 0 Å². The number of piperidine rings is 1. The highest BCUT2D eigenvalue weighted by molar-refractivity contribution is 5.65. The van der Waals surface area contributed by atoms with Crippen molar-refractivity contribution in [3.8, 4) is 0 Å². The second kappa shape index (κ2) is 4.28. The van der Waals surface area contributed by atoms with Crippen molar-refractivity contribution < 1.29 is 15.0 Å². The van der Waals surface area contributed by atoms with Gasteiger partial charge < -0.3 is 15.1 Å². The Kier molecular flexibility index (Phi) is 3.31. The number of aliphatic hydroxyl groups excluding tert-OH is 1. The minimum absolute atomic E-state index is 0.0484. The van der Waals surface area contributed by atoms with Crippen LogP contribution < -0.4 is 0 Å². The molecule has 2 N–H and O–H groups in total. The first-order valence-corrected chi connectivity index (χ1v) is 4.42. The zero-order valence-corrected chi connectivity index (χ0v) is 7.73. The van der Waals surface area contributed by atoms with Crippen LogP contribution in [0.4, 0.5) is 4.79 Å². The molecule has 13 heavy (non-hydrogen) atoms. The van der Waals surface area contributed by atoms with Gasteiger partial charge in [-0.05, 0) is 12.3 Å². The van der Waals surface area contributed by atoms with Crippen LogP contribution >= 0.6 is 0 Å². The maximum atomic E-state index is 10.6. The van der Waals surface area contributed by atoms with E-state index >= 15 is 0 Å². The molecule has 4 nitrogen and oxygen atoms in total. The Bertz CT molecular complexity index is 225. The third kappa shape index (κ3) is 2.45. The van der Waals surface area contributed by atoms with Crippen molar-refractivity contribution in [2.24, 2.45) is 5.92 Å². The molecular formula is C9H15NO3. The van der Waals surface area contributed by atoms with Crippen molar-refractivity contribution in [2.45, 2.75) is 13.3 Å². The topological polar surface area (TPSA) is 60.8 Å². The number of hydrogen-bond acceptors (Lipinski definition) is 2. The Morgan fingerprint density at radius 2 is 2.46 bits per heavy atom. The van der Waals surface area contributed by atoms with Crippen molar-refractivity contribution in [3.63, 3.8) is 0 Å². The third-order valence-corrected chi connectivity index (χ3v) is 2.42. The summed E-state index contributed by atoms with van der Waals surface area (Å²) in [5, 5.41) is 17.4. The summed E-state index contributed by atoms with van der Waals surface area (Å²) >= 11 is 0. The van der Waals surface area contributed by atoms with Crippen LogP contribution in [0.2, 0.25) is 0 Å². The predicted octanol–water partition coefficient (Wildman–Crippen LogP) is 0.925. The molecule has 0 aromatic carbocycles. The maximum Gasteiger partial charge on any atom is 0.407 e. The second-order valence-electron chi connectivity index (χ2n) is 3.34. The van der Waals surface area contributed by atoms with Crippen LogP contribution in [-0.4, -0.2) is 40.9 Å². The van der Waals surface area contributed by atoms with E-state index in [1.807, 2.05) is 6.92 Å². The average Bonchev–Trinajstić information content (AvgIpc) is 2.08. The van der Waals surface area contributed by atoms with Crippen molar-refractivity contribution in [2.75, 3.05) is 19.7 Å². The van der Waals surface area contributed by atoms with E-state index < -0.39 is 6.09 Å². The lowest BCUT2D eigenvalue weighted by atomic mass is 9.93. The summed E-state index contributed by atoms with van der Waals surface area (Å²) in [6.07, 6.45) is 1.67. The summed E-state index contributed by atoms with van der Waals surface area (Å²) in [7, 11) is 0. The van der Waals surface area contributed by atoms with Gasteiger partial charge in [0.2, 0.25) is 0 Å². The Morgan fingerprint density at radius 1 is 1.77 bits per heavy atom. The zero-order chi connectivity index (χ0) is 9.84. The molecule has 1 heterocycles.